The second-order valence-corrected chi connectivity index (χ2v) is 14.8. The van der Waals surface area contributed by atoms with Crippen LogP contribution in [0.25, 0.3) is 67.5 Å². The van der Waals surface area contributed by atoms with E-state index in [4.69, 9.17) is 6.58 Å². The first-order valence-electron chi connectivity index (χ1n) is 19.4. The van der Waals surface area contributed by atoms with Crippen molar-refractivity contribution in [2.75, 3.05) is 10.2 Å². The second kappa shape index (κ2) is 14.0. The highest BCUT2D eigenvalue weighted by Crippen LogP contribution is 2.39. The van der Waals surface area contributed by atoms with Crippen LogP contribution in [-0.4, -0.2) is 10.6 Å². The molecule has 10 rings (SSSR count). The molecule has 0 amide bonds. The molecule has 2 unspecified atom stereocenters. The minimum absolute atomic E-state index is 0.135. The summed E-state index contributed by atoms with van der Waals surface area (Å²) in [5.74, 6) is 0.311. The van der Waals surface area contributed by atoms with E-state index in [2.05, 4.69) is 222 Å². The molecule has 1 N–H and O–H groups in total. The number of rotatable bonds is 6. The normalized spacial score (nSPS) is 17.3. The van der Waals surface area contributed by atoms with E-state index >= 15 is 0 Å². The van der Waals surface area contributed by atoms with E-state index in [9.17, 15) is 0 Å². The van der Waals surface area contributed by atoms with Gasteiger partial charge in [-0.2, -0.15) is 0 Å². The van der Waals surface area contributed by atoms with Crippen molar-refractivity contribution in [3.05, 3.63) is 211 Å². The first-order chi connectivity index (χ1) is 27.6. The maximum absolute atomic E-state index is 4.78. The SMILES string of the molecule is C=C1/C=c2\c(c3ccccc3n2-c2ccccc2)=C/N(C2C=CC=CC2C)c2ccc(-c3cccc(-c4ccccc4Nc4cccc5ccccc45)c3)cc21. The molecule has 1 aliphatic heterocycles. The number of benzene rings is 7. The van der Waals surface area contributed by atoms with Gasteiger partial charge in [0.1, 0.15) is 0 Å². The Morgan fingerprint density at radius 3 is 2.16 bits per heavy atom. The van der Waals surface area contributed by atoms with Crippen molar-refractivity contribution in [3.63, 3.8) is 0 Å². The van der Waals surface area contributed by atoms with Gasteiger partial charge in [-0.25, -0.2) is 0 Å². The van der Waals surface area contributed by atoms with Crippen molar-refractivity contribution < 1.29 is 0 Å². The average molecular weight is 720 g/mol. The van der Waals surface area contributed by atoms with Crippen molar-refractivity contribution in [3.8, 4) is 27.9 Å². The van der Waals surface area contributed by atoms with Gasteiger partial charge in [0, 0.05) is 56.1 Å². The largest absolute Gasteiger partial charge is 0.355 e. The van der Waals surface area contributed by atoms with Crippen LogP contribution in [0.2, 0.25) is 0 Å². The first-order valence-corrected chi connectivity index (χ1v) is 19.4. The van der Waals surface area contributed by atoms with Gasteiger partial charge in [-0.15, -0.1) is 0 Å². The summed E-state index contributed by atoms with van der Waals surface area (Å²) in [5.41, 5.74) is 12.3. The summed E-state index contributed by atoms with van der Waals surface area (Å²) in [5, 5.41) is 9.73. The lowest BCUT2D eigenvalue weighted by Gasteiger charge is -2.35. The molecular formula is C53H41N3. The van der Waals surface area contributed by atoms with E-state index in [-0.39, 0.29) is 6.04 Å². The van der Waals surface area contributed by atoms with Gasteiger partial charge < -0.3 is 14.8 Å². The van der Waals surface area contributed by atoms with Gasteiger partial charge in [-0.05, 0) is 88.2 Å². The topological polar surface area (TPSA) is 20.2 Å². The standard InChI is InChI=1S/C53H41N3/c1-36-16-6-12-28-50(36)55-35-47-45-25-10-13-29-52(45)56(42-21-4-3-5-22-42)53(47)32-37(2)46-34-40(30-31-51(46)55)39-19-14-20-41(33-39)44-24-9-11-26-48(44)54-49-27-15-18-38-17-7-8-23-43(38)49/h3-36,50,54H,2H2,1H3/b47-35-,53-32+. The van der Waals surface area contributed by atoms with Crippen LogP contribution >= 0.6 is 0 Å². The number of hydrogen-bond acceptors (Lipinski definition) is 2. The number of nitrogens with zero attached hydrogens (tertiary/aromatic N) is 2. The van der Waals surface area contributed by atoms with Crippen molar-refractivity contribution in [1.82, 2.24) is 4.57 Å². The highest BCUT2D eigenvalue weighted by molar-refractivity contribution is 5.99. The molecule has 8 aromatic rings. The molecule has 0 spiro atoms. The fraction of sp³-hybridized carbons (Fsp3) is 0.0566. The molecule has 0 bridgehead atoms. The average Bonchev–Trinajstić information content (AvgIpc) is 3.54. The Morgan fingerprint density at radius 2 is 1.27 bits per heavy atom. The van der Waals surface area contributed by atoms with Crippen LogP contribution in [0, 0.1) is 5.92 Å². The molecular weight excluding hydrogens is 679 g/mol. The molecule has 0 saturated carbocycles. The van der Waals surface area contributed by atoms with Crippen molar-refractivity contribution in [1.29, 1.82) is 0 Å². The summed E-state index contributed by atoms with van der Waals surface area (Å²) < 4.78 is 2.38. The van der Waals surface area contributed by atoms with Crippen molar-refractivity contribution in [2.45, 2.75) is 13.0 Å². The minimum Gasteiger partial charge on any atom is -0.355 e. The van der Waals surface area contributed by atoms with E-state index < -0.39 is 0 Å². The molecule has 7 aromatic carbocycles. The fourth-order valence-corrected chi connectivity index (χ4v) is 8.56. The zero-order chi connectivity index (χ0) is 37.6. The Morgan fingerprint density at radius 1 is 0.571 bits per heavy atom. The summed E-state index contributed by atoms with van der Waals surface area (Å²) in [6, 6.07) is 58.9. The summed E-state index contributed by atoms with van der Waals surface area (Å²) in [4.78, 5) is 2.48. The fourth-order valence-electron chi connectivity index (χ4n) is 8.56. The summed E-state index contributed by atoms with van der Waals surface area (Å²) in [6.07, 6.45) is 13.6. The minimum atomic E-state index is 0.135. The Hall–Kier alpha value is -7.10. The number of nitrogens with one attached hydrogen (secondary N) is 1. The number of anilines is 3. The van der Waals surface area contributed by atoms with Gasteiger partial charge in [-0.1, -0.05) is 153 Å². The third kappa shape index (κ3) is 5.86. The zero-order valence-electron chi connectivity index (χ0n) is 31.3. The highest BCUT2D eigenvalue weighted by Gasteiger charge is 2.26. The maximum atomic E-state index is 4.78. The zero-order valence-corrected chi connectivity index (χ0v) is 31.3. The van der Waals surface area contributed by atoms with Crippen molar-refractivity contribution >= 4 is 56.6 Å². The summed E-state index contributed by atoms with van der Waals surface area (Å²) in [6.45, 7) is 7.09. The quantitative estimate of drug-likeness (QED) is 0.185. The van der Waals surface area contributed by atoms with Gasteiger partial charge in [0.2, 0.25) is 0 Å². The molecule has 268 valence electrons. The highest BCUT2D eigenvalue weighted by atomic mass is 15.2. The predicted molar refractivity (Wildman–Crippen MR) is 239 cm³/mol. The van der Waals surface area contributed by atoms with Gasteiger partial charge in [-0.3, -0.25) is 0 Å². The third-order valence-electron chi connectivity index (χ3n) is 11.4. The molecule has 2 atom stereocenters. The molecule has 0 fully saturated rings. The van der Waals surface area contributed by atoms with E-state index in [0.717, 1.165) is 61.5 Å². The number of allylic oxidation sites excluding steroid dienone is 3. The number of fused-ring (bicyclic) bond motifs is 5. The first kappa shape index (κ1) is 33.5. The monoisotopic (exact) mass is 719 g/mol. The lowest BCUT2D eigenvalue weighted by molar-refractivity contribution is 0.615. The molecule has 1 aromatic heterocycles. The van der Waals surface area contributed by atoms with Gasteiger partial charge in [0.15, 0.2) is 0 Å². The van der Waals surface area contributed by atoms with Gasteiger partial charge in [0.05, 0.1) is 16.9 Å². The molecule has 56 heavy (non-hydrogen) atoms. The maximum Gasteiger partial charge on any atom is 0.0580 e. The van der Waals surface area contributed by atoms with Crippen molar-refractivity contribution in [2.24, 2.45) is 5.92 Å². The van der Waals surface area contributed by atoms with E-state index in [1.165, 1.54) is 26.9 Å². The second-order valence-electron chi connectivity index (χ2n) is 14.8. The Bertz CT molecular complexity index is 2990. The number of hydrogen-bond donors (Lipinski definition) is 1. The predicted octanol–water partition coefficient (Wildman–Crippen LogP) is 12.0. The Labute approximate surface area is 327 Å². The molecule has 2 aliphatic rings. The number of aromatic nitrogens is 1. The molecule has 0 radical (unpaired) electrons. The van der Waals surface area contributed by atoms with Crippen LogP contribution in [0.5, 0.6) is 0 Å². The molecule has 0 saturated heterocycles. The van der Waals surface area contributed by atoms with E-state index in [1.807, 2.05) is 0 Å². The lowest BCUT2D eigenvalue weighted by atomic mass is 9.91. The van der Waals surface area contributed by atoms with E-state index in [1.54, 1.807) is 0 Å². The van der Waals surface area contributed by atoms with Crippen LogP contribution in [0.15, 0.2) is 195 Å². The molecule has 3 heteroatoms. The van der Waals surface area contributed by atoms with Crippen LogP contribution in [0.1, 0.15) is 12.5 Å². The smallest absolute Gasteiger partial charge is 0.0580 e. The van der Waals surface area contributed by atoms with Crippen LogP contribution in [0.3, 0.4) is 0 Å². The van der Waals surface area contributed by atoms with E-state index in [0.29, 0.717) is 5.92 Å². The number of para-hydroxylation sites is 3. The van der Waals surface area contributed by atoms with Gasteiger partial charge in [0.25, 0.3) is 0 Å². The lowest BCUT2D eigenvalue weighted by Crippen LogP contribution is -2.40. The third-order valence-corrected chi connectivity index (χ3v) is 11.4. The molecule has 3 nitrogen and oxygen atoms in total. The molecule has 1 aliphatic carbocycles. The summed E-state index contributed by atoms with van der Waals surface area (Å²) >= 11 is 0. The summed E-state index contributed by atoms with van der Waals surface area (Å²) in [7, 11) is 0. The Balaban J connectivity index is 1.11. The van der Waals surface area contributed by atoms with Gasteiger partial charge >= 0.3 is 0 Å². The molecule has 2 heterocycles. The van der Waals surface area contributed by atoms with Crippen LogP contribution < -0.4 is 20.8 Å². The van der Waals surface area contributed by atoms with Crippen LogP contribution in [-0.2, 0) is 0 Å². The van der Waals surface area contributed by atoms with Crippen LogP contribution in [0.4, 0.5) is 17.1 Å². The Kier molecular flexibility index (Phi) is 8.34.